The molecule has 1 unspecified atom stereocenters. The molecule has 0 radical (unpaired) electrons. The van der Waals surface area contributed by atoms with E-state index in [0.717, 1.165) is 0 Å². The zero-order chi connectivity index (χ0) is 14.3. The molecule has 2 N–H and O–H groups in total. The van der Waals surface area contributed by atoms with Gasteiger partial charge in [-0.15, -0.1) is 0 Å². The van der Waals surface area contributed by atoms with E-state index in [1.807, 2.05) is 0 Å². The molecule has 1 amide bonds. The lowest BCUT2D eigenvalue weighted by Crippen LogP contribution is -2.39. The largest absolute Gasteiger partial charge is 0.484 e. The van der Waals surface area contributed by atoms with E-state index in [1.54, 1.807) is 0 Å². The Hall–Kier alpha value is -2.15. The minimum Gasteiger partial charge on any atom is -0.484 e. The van der Waals surface area contributed by atoms with Crippen LogP contribution in [0.15, 0.2) is 24.3 Å². The number of amides is 1. The van der Waals surface area contributed by atoms with Gasteiger partial charge >= 0.3 is 5.97 Å². The van der Waals surface area contributed by atoms with Gasteiger partial charge in [0.1, 0.15) is 11.6 Å². The molecule has 1 aromatic rings. The number of carboxylic acid groups (broad SMARTS) is 1. The van der Waals surface area contributed by atoms with Gasteiger partial charge in [0.2, 0.25) is 0 Å². The molecule has 0 fully saturated rings. The Bertz CT molecular complexity index is 434. The zero-order valence-electron chi connectivity index (χ0n) is 10.3. The normalized spacial score (nSPS) is 11.7. The van der Waals surface area contributed by atoms with Crippen LogP contribution >= 0.6 is 0 Å². The highest BCUT2D eigenvalue weighted by molar-refractivity contribution is 5.79. The number of hydrogen-bond donors (Lipinski definition) is 2. The Morgan fingerprint density at radius 3 is 2.53 bits per heavy atom. The van der Waals surface area contributed by atoms with Gasteiger partial charge in [-0.25, -0.2) is 9.18 Å². The Morgan fingerprint density at radius 1 is 1.37 bits per heavy atom. The monoisotopic (exact) mass is 271 g/mol. The highest BCUT2D eigenvalue weighted by Crippen LogP contribution is 2.10. The third-order valence-corrected chi connectivity index (χ3v) is 2.23. The molecule has 6 nitrogen and oxygen atoms in total. The highest BCUT2D eigenvalue weighted by atomic mass is 19.1. The van der Waals surface area contributed by atoms with Gasteiger partial charge in [0.25, 0.3) is 5.91 Å². The van der Waals surface area contributed by atoms with E-state index in [2.05, 4.69) is 10.1 Å². The summed E-state index contributed by atoms with van der Waals surface area (Å²) in [6.45, 7) is -0.445. The van der Waals surface area contributed by atoms with Gasteiger partial charge in [-0.2, -0.15) is 0 Å². The number of carboxylic acids is 1. The van der Waals surface area contributed by atoms with E-state index in [-0.39, 0.29) is 13.2 Å². The van der Waals surface area contributed by atoms with Crippen LogP contribution in [0.5, 0.6) is 5.75 Å². The summed E-state index contributed by atoms with van der Waals surface area (Å²) in [6.07, 6.45) is -1.10. The average molecular weight is 271 g/mol. The molecule has 1 aromatic carbocycles. The molecule has 104 valence electrons. The molecule has 0 aliphatic rings. The quantitative estimate of drug-likeness (QED) is 0.750. The number of carbonyl (C=O) groups excluding carboxylic acids is 1. The number of nitrogens with one attached hydrogen (secondary N) is 1. The third kappa shape index (κ3) is 5.35. The van der Waals surface area contributed by atoms with Crippen LogP contribution in [-0.2, 0) is 14.3 Å². The fourth-order valence-corrected chi connectivity index (χ4v) is 1.21. The summed E-state index contributed by atoms with van der Waals surface area (Å²) in [5, 5.41) is 11.0. The van der Waals surface area contributed by atoms with Gasteiger partial charge in [-0.1, -0.05) is 0 Å². The van der Waals surface area contributed by atoms with Crippen LogP contribution in [0.3, 0.4) is 0 Å². The van der Waals surface area contributed by atoms with Crippen LogP contribution in [0.1, 0.15) is 0 Å². The molecular weight excluding hydrogens is 257 g/mol. The van der Waals surface area contributed by atoms with E-state index in [0.29, 0.717) is 5.75 Å². The van der Waals surface area contributed by atoms with Crippen molar-refractivity contribution in [2.75, 3.05) is 20.3 Å². The lowest BCUT2D eigenvalue weighted by molar-refractivity contribution is -0.148. The van der Waals surface area contributed by atoms with E-state index < -0.39 is 23.8 Å². The van der Waals surface area contributed by atoms with Crippen molar-refractivity contribution in [2.24, 2.45) is 0 Å². The molecule has 19 heavy (non-hydrogen) atoms. The summed E-state index contributed by atoms with van der Waals surface area (Å²) in [7, 11) is 1.24. The molecule has 7 heteroatoms. The Labute approximate surface area is 109 Å². The van der Waals surface area contributed by atoms with Gasteiger partial charge in [0.15, 0.2) is 12.7 Å². The molecule has 0 heterocycles. The molecule has 0 aliphatic carbocycles. The maximum atomic E-state index is 12.6. The molecule has 0 saturated carbocycles. The van der Waals surface area contributed by atoms with Gasteiger partial charge in [-0.3, -0.25) is 4.79 Å². The summed E-state index contributed by atoms with van der Waals surface area (Å²) in [5.74, 6) is -1.71. The summed E-state index contributed by atoms with van der Waals surface area (Å²) >= 11 is 0. The average Bonchev–Trinajstić information content (AvgIpc) is 2.38. The number of benzene rings is 1. The number of carbonyl (C=O) groups is 2. The van der Waals surface area contributed by atoms with Crippen LogP contribution in [0.25, 0.3) is 0 Å². The second-order valence-corrected chi connectivity index (χ2v) is 3.61. The van der Waals surface area contributed by atoms with Crippen LogP contribution in [0.4, 0.5) is 4.39 Å². The van der Waals surface area contributed by atoms with Crippen LogP contribution in [0, 0.1) is 5.82 Å². The Balaban J connectivity index is 2.31. The number of ether oxygens (including phenoxy) is 2. The van der Waals surface area contributed by atoms with Crippen molar-refractivity contribution < 1.29 is 28.6 Å². The van der Waals surface area contributed by atoms with E-state index in [4.69, 9.17) is 9.84 Å². The SMILES string of the molecule is COC(CNC(=O)COc1ccc(F)cc1)C(=O)O. The van der Waals surface area contributed by atoms with Crippen LogP contribution < -0.4 is 10.1 Å². The number of methoxy groups -OCH3 is 1. The van der Waals surface area contributed by atoms with Gasteiger partial charge < -0.3 is 19.9 Å². The maximum absolute atomic E-state index is 12.6. The fourth-order valence-electron chi connectivity index (χ4n) is 1.21. The maximum Gasteiger partial charge on any atom is 0.334 e. The first-order valence-corrected chi connectivity index (χ1v) is 5.43. The lowest BCUT2D eigenvalue weighted by Gasteiger charge is -2.12. The predicted molar refractivity (Wildman–Crippen MR) is 63.3 cm³/mol. The lowest BCUT2D eigenvalue weighted by atomic mass is 10.3. The van der Waals surface area contributed by atoms with Crippen molar-refractivity contribution in [2.45, 2.75) is 6.10 Å². The number of hydrogen-bond acceptors (Lipinski definition) is 4. The molecule has 0 spiro atoms. The van der Waals surface area contributed by atoms with Crippen molar-refractivity contribution >= 4 is 11.9 Å². The molecule has 0 aliphatic heterocycles. The van der Waals surface area contributed by atoms with Crippen molar-refractivity contribution in [3.63, 3.8) is 0 Å². The minimum atomic E-state index is -1.16. The second-order valence-electron chi connectivity index (χ2n) is 3.61. The van der Waals surface area contributed by atoms with Crippen molar-refractivity contribution in [1.29, 1.82) is 0 Å². The molecule has 0 saturated heterocycles. The van der Waals surface area contributed by atoms with Gasteiger partial charge in [-0.05, 0) is 24.3 Å². The summed E-state index contributed by atoms with van der Waals surface area (Å²) in [6, 6.07) is 5.19. The van der Waals surface area contributed by atoms with Gasteiger partial charge in [0, 0.05) is 7.11 Å². The van der Waals surface area contributed by atoms with Crippen molar-refractivity contribution in [3.05, 3.63) is 30.1 Å². The summed E-state index contributed by atoms with van der Waals surface area (Å²) in [4.78, 5) is 22.0. The highest BCUT2D eigenvalue weighted by Gasteiger charge is 2.17. The second kappa shape index (κ2) is 7.32. The van der Waals surface area contributed by atoms with Crippen LogP contribution in [0.2, 0.25) is 0 Å². The van der Waals surface area contributed by atoms with E-state index >= 15 is 0 Å². The molecule has 0 aromatic heterocycles. The smallest absolute Gasteiger partial charge is 0.334 e. The summed E-state index contributed by atoms with van der Waals surface area (Å²) < 4.78 is 22.3. The zero-order valence-corrected chi connectivity index (χ0v) is 10.3. The standard InChI is InChI=1S/C12H14FNO5/c1-18-10(12(16)17)6-14-11(15)7-19-9-4-2-8(13)3-5-9/h2-5,10H,6-7H2,1H3,(H,14,15)(H,16,17). The minimum absolute atomic E-state index is 0.155. The first-order chi connectivity index (χ1) is 9.02. The molecule has 1 atom stereocenters. The molecule has 0 bridgehead atoms. The van der Waals surface area contributed by atoms with Crippen molar-refractivity contribution in [1.82, 2.24) is 5.32 Å². The topological polar surface area (TPSA) is 84.9 Å². The van der Waals surface area contributed by atoms with Crippen LogP contribution in [-0.4, -0.2) is 43.3 Å². The van der Waals surface area contributed by atoms with E-state index in [1.165, 1.54) is 31.4 Å². The number of rotatable bonds is 7. The molecule has 1 rings (SSSR count). The Kier molecular flexibility index (Phi) is 5.74. The van der Waals surface area contributed by atoms with E-state index in [9.17, 15) is 14.0 Å². The number of halogens is 1. The fraction of sp³-hybridized carbons (Fsp3) is 0.333. The summed E-state index contributed by atoms with van der Waals surface area (Å²) in [5.41, 5.74) is 0. The van der Waals surface area contributed by atoms with Gasteiger partial charge in [0.05, 0.1) is 6.54 Å². The first kappa shape index (κ1) is 14.9. The molecular formula is C12H14FNO5. The first-order valence-electron chi connectivity index (χ1n) is 5.43. The predicted octanol–water partition coefficient (Wildman–Crippen LogP) is 0.420. The third-order valence-electron chi connectivity index (χ3n) is 2.23. The Morgan fingerprint density at radius 2 is 2.00 bits per heavy atom. The van der Waals surface area contributed by atoms with Crippen molar-refractivity contribution in [3.8, 4) is 5.75 Å². The number of aliphatic carboxylic acids is 1.